The molecule has 0 aliphatic rings. The van der Waals surface area contributed by atoms with E-state index in [0.717, 1.165) is 17.7 Å². The Morgan fingerprint density at radius 1 is 1.19 bits per heavy atom. The summed E-state index contributed by atoms with van der Waals surface area (Å²) in [6.45, 7) is 4.20. The predicted octanol–water partition coefficient (Wildman–Crippen LogP) is 3.73. The SMILES string of the molecule is CCc1ccc(Oc2cc(C(C)NC)ccn2)c(OC)c1. The van der Waals surface area contributed by atoms with Gasteiger partial charge in [-0.05, 0) is 49.7 Å². The van der Waals surface area contributed by atoms with E-state index in [2.05, 4.69) is 24.1 Å². The standard InChI is InChI=1S/C17H22N2O2/c1-5-13-6-7-15(16(10-13)20-4)21-17-11-14(8-9-19-17)12(2)18-3/h6-12,18H,5H2,1-4H3. The number of ether oxygens (including phenoxy) is 2. The molecular weight excluding hydrogens is 264 g/mol. The summed E-state index contributed by atoms with van der Waals surface area (Å²) in [5, 5.41) is 3.20. The van der Waals surface area contributed by atoms with Gasteiger partial charge in [-0.3, -0.25) is 0 Å². The first-order valence-electron chi connectivity index (χ1n) is 7.16. The zero-order valence-corrected chi connectivity index (χ0v) is 13.0. The minimum Gasteiger partial charge on any atom is -0.493 e. The molecule has 1 aromatic carbocycles. The highest BCUT2D eigenvalue weighted by Gasteiger charge is 2.09. The van der Waals surface area contributed by atoms with Crippen molar-refractivity contribution in [3.8, 4) is 17.4 Å². The van der Waals surface area contributed by atoms with E-state index in [1.54, 1.807) is 13.3 Å². The summed E-state index contributed by atoms with van der Waals surface area (Å²) >= 11 is 0. The highest BCUT2D eigenvalue weighted by molar-refractivity contribution is 5.44. The van der Waals surface area contributed by atoms with Gasteiger partial charge in [-0.25, -0.2) is 4.98 Å². The highest BCUT2D eigenvalue weighted by Crippen LogP contribution is 2.32. The van der Waals surface area contributed by atoms with E-state index in [1.807, 2.05) is 37.4 Å². The first-order chi connectivity index (χ1) is 10.2. The molecule has 4 heteroatoms. The van der Waals surface area contributed by atoms with Crippen molar-refractivity contribution in [3.05, 3.63) is 47.7 Å². The molecule has 0 amide bonds. The summed E-state index contributed by atoms with van der Waals surface area (Å²) in [6, 6.07) is 10.1. The smallest absolute Gasteiger partial charge is 0.219 e. The van der Waals surface area contributed by atoms with Crippen molar-refractivity contribution in [1.82, 2.24) is 10.3 Å². The third-order valence-corrected chi connectivity index (χ3v) is 3.54. The second-order valence-electron chi connectivity index (χ2n) is 4.88. The van der Waals surface area contributed by atoms with Crippen molar-refractivity contribution >= 4 is 0 Å². The average molecular weight is 286 g/mol. The fourth-order valence-corrected chi connectivity index (χ4v) is 2.05. The van der Waals surface area contributed by atoms with Crippen LogP contribution >= 0.6 is 0 Å². The van der Waals surface area contributed by atoms with Crippen molar-refractivity contribution in [3.63, 3.8) is 0 Å². The second kappa shape index (κ2) is 7.09. The number of nitrogens with zero attached hydrogens (tertiary/aromatic N) is 1. The van der Waals surface area contributed by atoms with Gasteiger partial charge in [-0.1, -0.05) is 13.0 Å². The van der Waals surface area contributed by atoms with Gasteiger partial charge in [0.25, 0.3) is 0 Å². The number of pyridine rings is 1. The molecule has 21 heavy (non-hydrogen) atoms. The van der Waals surface area contributed by atoms with Gasteiger partial charge in [0.2, 0.25) is 5.88 Å². The Labute approximate surface area is 126 Å². The van der Waals surface area contributed by atoms with Crippen LogP contribution in [0.15, 0.2) is 36.5 Å². The normalized spacial score (nSPS) is 12.0. The molecule has 0 aliphatic carbocycles. The molecule has 2 rings (SSSR count). The zero-order valence-electron chi connectivity index (χ0n) is 13.0. The Kier molecular flexibility index (Phi) is 5.17. The van der Waals surface area contributed by atoms with Gasteiger partial charge in [0.15, 0.2) is 11.5 Å². The monoisotopic (exact) mass is 286 g/mol. The Hall–Kier alpha value is -2.07. The van der Waals surface area contributed by atoms with Gasteiger partial charge in [0.05, 0.1) is 7.11 Å². The van der Waals surface area contributed by atoms with Gasteiger partial charge in [0.1, 0.15) is 0 Å². The van der Waals surface area contributed by atoms with Crippen LogP contribution in [0.2, 0.25) is 0 Å². The maximum Gasteiger partial charge on any atom is 0.219 e. The number of rotatable bonds is 6. The molecule has 0 saturated heterocycles. The van der Waals surface area contributed by atoms with Gasteiger partial charge < -0.3 is 14.8 Å². The number of methoxy groups -OCH3 is 1. The van der Waals surface area contributed by atoms with Crippen LogP contribution in [0, 0.1) is 0 Å². The second-order valence-corrected chi connectivity index (χ2v) is 4.88. The van der Waals surface area contributed by atoms with Crippen molar-refractivity contribution in [2.45, 2.75) is 26.3 Å². The Morgan fingerprint density at radius 3 is 2.67 bits per heavy atom. The minimum atomic E-state index is 0.250. The van der Waals surface area contributed by atoms with Crippen molar-refractivity contribution in [2.24, 2.45) is 0 Å². The molecule has 2 aromatic rings. The molecule has 0 saturated carbocycles. The van der Waals surface area contributed by atoms with Crippen LogP contribution in [0.5, 0.6) is 17.4 Å². The summed E-state index contributed by atoms with van der Waals surface area (Å²) in [5.74, 6) is 1.97. The zero-order chi connectivity index (χ0) is 15.2. The first-order valence-corrected chi connectivity index (χ1v) is 7.16. The Morgan fingerprint density at radius 2 is 2.00 bits per heavy atom. The van der Waals surface area contributed by atoms with Crippen LogP contribution in [-0.4, -0.2) is 19.1 Å². The molecule has 0 spiro atoms. The summed E-state index contributed by atoms with van der Waals surface area (Å²) in [6.07, 6.45) is 2.72. The quantitative estimate of drug-likeness (QED) is 0.879. The van der Waals surface area contributed by atoms with Crippen LogP contribution in [0.1, 0.15) is 31.0 Å². The third kappa shape index (κ3) is 3.73. The molecule has 0 aliphatic heterocycles. The molecule has 4 nitrogen and oxygen atoms in total. The van der Waals surface area contributed by atoms with E-state index in [9.17, 15) is 0 Å². The molecule has 1 heterocycles. The van der Waals surface area contributed by atoms with Gasteiger partial charge in [0, 0.05) is 18.3 Å². The van der Waals surface area contributed by atoms with E-state index in [4.69, 9.17) is 9.47 Å². The first kappa shape index (κ1) is 15.3. The largest absolute Gasteiger partial charge is 0.493 e. The lowest BCUT2D eigenvalue weighted by Gasteiger charge is -2.13. The highest BCUT2D eigenvalue weighted by atomic mass is 16.5. The topological polar surface area (TPSA) is 43.4 Å². The number of hydrogen-bond donors (Lipinski definition) is 1. The Balaban J connectivity index is 2.25. The van der Waals surface area contributed by atoms with Crippen LogP contribution < -0.4 is 14.8 Å². The molecule has 1 N–H and O–H groups in total. The number of aryl methyl sites for hydroxylation is 1. The fraction of sp³-hybridized carbons (Fsp3) is 0.353. The van der Waals surface area contributed by atoms with Crippen molar-refractivity contribution < 1.29 is 9.47 Å². The van der Waals surface area contributed by atoms with Gasteiger partial charge in [-0.15, -0.1) is 0 Å². The summed E-state index contributed by atoms with van der Waals surface area (Å²) in [7, 11) is 3.58. The average Bonchev–Trinajstić information content (AvgIpc) is 2.54. The molecule has 0 radical (unpaired) electrons. The summed E-state index contributed by atoms with van der Waals surface area (Å²) in [4.78, 5) is 4.26. The van der Waals surface area contributed by atoms with Crippen LogP contribution in [-0.2, 0) is 6.42 Å². The summed E-state index contributed by atoms with van der Waals surface area (Å²) < 4.78 is 11.3. The van der Waals surface area contributed by atoms with Crippen LogP contribution in [0.25, 0.3) is 0 Å². The fourth-order valence-electron chi connectivity index (χ4n) is 2.05. The number of hydrogen-bond acceptors (Lipinski definition) is 4. The van der Waals surface area contributed by atoms with Crippen molar-refractivity contribution in [1.29, 1.82) is 0 Å². The number of nitrogens with one attached hydrogen (secondary N) is 1. The van der Waals surface area contributed by atoms with E-state index >= 15 is 0 Å². The molecule has 1 aromatic heterocycles. The third-order valence-electron chi connectivity index (χ3n) is 3.54. The summed E-state index contributed by atoms with van der Waals surface area (Å²) in [5.41, 5.74) is 2.34. The minimum absolute atomic E-state index is 0.250. The molecule has 1 atom stereocenters. The van der Waals surface area contributed by atoms with Crippen molar-refractivity contribution in [2.75, 3.05) is 14.2 Å². The van der Waals surface area contributed by atoms with E-state index in [0.29, 0.717) is 11.6 Å². The lowest BCUT2D eigenvalue weighted by atomic mass is 10.1. The maximum atomic E-state index is 5.87. The molecule has 0 fully saturated rings. The molecule has 0 bridgehead atoms. The molecule has 1 unspecified atom stereocenters. The lowest BCUT2D eigenvalue weighted by Crippen LogP contribution is -2.12. The predicted molar refractivity (Wildman–Crippen MR) is 84.2 cm³/mol. The Bertz CT molecular complexity index is 599. The number of aromatic nitrogens is 1. The molecular formula is C17H22N2O2. The van der Waals surface area contributed by atoms with E-state index in [-0.39, 0.29) is 6.04 Å². The van der Waals surface area contributed by atoms with E-state index < -0.39 is 0 Å². The van der Waals surface area contributed by atoms with E-state index in [1.165, 1.54) is 5.56 Å². The van der Waals surface area contributed by atoms with Gasteiger partial charge >= 0.3 is 0 Å². The van der Waals surface area contributed by atoms with Crippen LogP contribution in [0.4, 0.5) is 0 Å². The maximum absolute atomic E-state index is 5.87. The molecule has 112 valence electrons. The lowest BCUT2D eigenvalue weighted by molar-refractivity contribution is 0.373. The number of benzene rings is 1. The van der Waals surface area contributed by atoms with Crippen LogP contribution in [0.3, 0.4) is 0 Å². The van der Waals surface area contributed by atoms with Gasteiger partial charge in [-0.2, -0.15) is 0 Å².